The zero-order valence-corrected chi connectivity index (χ0v) is 11.8. The van der Waals surface area contributed by atoms with E-state index in [0.29, 0.717) is 18.2 Å². The summed E-state index contributed by atoms with van der Waals surface area (Å²) in [4.78, 5) is 16.0. The Morgan fingerprint density at radius 1 is 1.53 bits per heavy atom. The van der Waals surface area contributed by atoms with E-state index in [1.807, 2.05) is 19.9 Å². The van der Waals surface area contributed by atoms with Crippen LogP contribution in [-0.4, -0.2) is 19.7 Å². The highest BCUT2D eigenvalue weighted by molar-refractivity contribution is 7.99. The Hall–Kier alpha value is -1.60. The average molecular weight is 279 g/mol. The number of rotatable bonds is 5. The van der Waals surface area contributed by atoms with E-state index in [9.17, 15) is 4.79 Å². The van der Waals surface area contributed by atoms with Crippen molar-refractivity contribution in [1.82, 2.24) is 19.7 Å². The smallest absolute Gasteiger partial charge is 0.326 e. The third-order valence-electron chi connectivity index (χ3n) is 2.68. The van der Waals surface area contributed by atoms with Crippen LogP contribution in [0.5, 0.6) is 0 Å². The predicted molar refractivity (Wildman–Crippen MR) is 74.1 cm³/mol. The highest BCUT2D eigenvalue weighted by Gasteiger charge is 2.11. The molecule has 0 radical (unpaired) electrons. The molecule has 0 amide bonds. The number of hydrogen-bond donors (Lipinski definition) is 2. The van der Waals surface area contributed by atoms with Crippen molar-refractivity contribution < 1.29 is 0 Å². The normalized spacial score (nSPS) is 10.9. The van der Waals surface area contributed by atoms with Crippen molar-refractivity contribution in [3.05, 3.63) is 33.9 Å². The molecule has 2 aromatic rings. The molecular weight excluding hydrogens is 262 g/mol. The van der Waals surface area contributed by atoms with Gasteiger partial charge in [0.05, 0.1) is 0 Å². The minimum absolute atomic E-state index is 0.180. The molecule has 0 aliphatic carbocycles. The van der Waals surface area contributed by atoms with Crippen molar-refractivity contribution in [2.45, 2.75) is 43.5 Å². The van der Waals surface area contributed by atoms with Crippen LogP contribution < -0.4 is 11.4 Å². The molecule has 0 aromatic carbocycles. The molecule has 2 rings (SSSR count). The van der Waals surface area contributed by atoms with E-state index in [1.165, 1.54) is 11.8 Å². The molecule has 0 spiro atoms. The Balaban J connectivity index is 2.28. The lowest BCUT2D eigenvalue weighted by atomic mass is 10.2. The number of aryl methyl sites for hydroxylation is 1. The Labute approximate surface area is 115 Å². The van der Waals surface area contributed by atoms with Gasteiger partial charge < -0.3 is 5.73 Å². The highest BCUT2D eigenvalue weighted by Crippen LogP contribution is 2.26. The highest BCUT2D eigenvalue weighted by atomic mass is 32.2. The van der Waals surface area contributed by atoms with Gasteiger partial charge in [-0.1, -0.05) is 13.0 Å². The molecular formula is C12H17N5OS. The fraction of sp³-hybridized carbons (Fsp3) is 0.417. The molecule has 0 bridgehead atoms. The first-order valence-electron chi connectivity index (χ1n) is 6.14. The molecule has 7 heteroatoms. The average Bonchev–Trinajstić information content (AvgIpc) is 2.74. The molecule has 2 heterocycles. The maximum Gasteiger partial charge on any atom is 0.343 e. The molecule has 0 aliphatic rings. The summed E-state index contributed by atoms with van der Waals surface area (Å²) in [5.74, 6) is 0. The fourth-order valence-electron chi connectivity index (χ4n) is 1.73. The molecule has 0 aliphatic heterocycles. The summed E-state index contributed by atoms with van der Waals surface area (Å²) in [7, 11) is 0. The molecule has 19 heavy (non-hydrogen) atoms. The third kappa shape index (κ3) is 3.05. The summed E-state index contributed by atoms with van der Waals surface area (Å²) in [6.07, 6.45) is 2.63. The molecule has 102 valence electrons. The Morgan fingerprint density at radius 2 is 2.32 bits per heavy atom. The number of H-pyrrole nitrogens is 1. The van der Waals surface area contributed by atoms with Crippen LogP contribution in [-0.2, 0) is 13.1 Å². The first kappa shape index (κ1) is 13.8. The monoisotopic (exact) mass is 279 g/mol. The Bertz CT molecular complexity index is 619. The van der Waals surface area contributed by atoms with Gasteiger partial charge in [0.1, 0.15) is 5.03 Å². The minimum atomic E-state index is -0.180. The molecule has 0 saturated carbocycles. The number of nitrogens with one attached hydrogen (secondary N) is 1. The van der Waals surface area contributed by atoms with Crippen LogP contribution in [0.15, 0.2) is 27.2 Å². The lowest BCUT2D eigenvalue weighted by Gasteiger charge is -2.06. The molecule has 3 N–H and O–H groups in total. The van der Waals surface area contributed by atoms with Crippen LogP contribution in [0.3, 0.4) is 0 Å². The van der Waals surface area contributed by atoms with Crippen molar-refractivity contribution in [2.24, 2.45) is 5.73 Å². The number of hydrogen-bond acceptors (Lipinski definition) is 5. The van der Waals surface area contributed by atoms with Crippen molar-refractivity contribution in [1.29, 1.82) is 0 Å². The standard InChI is InChI=1S/C12H17N5OS/c1-3-4-17-11(18)15-16-12(17)19-10-8(2)5-9(6-13)7-14-10/h5,7H,3-4,6,13H2,1-2H3,(H,15,18). The summed E-state index contributed by atoms with van der Waals surface area (Å²) in [6.45, 7) is 5.12. The SMILES string of the molecule is CCCn1c(Sc2ncc(CN)cc2C)n[nH]c1=O. The van der Waals surface area contributed by atoms with Crippen molar-refractivity contribution in [2.75, 3.05) is 0 Å². The van der Waals surface area contributed by atoms with Gasteiger partial charge >= 0.3 is 5.69 Å². The van der Waals surface area contributed by atoms with Crippen LogP contribution in [0.1, 0.15) is 24.5 Å². The minimum Gasteiger partial charge on any atom is -0.326 e. The van der Waals surface area contributed by atoms with E-state index in [0.717, 1.165) is 22.6 Å². The van der Waals surface area contributed by atoms with Gasteiger partial charge in [-0.2, -0.15) is 0 Å². The van der Waals surface area contributed by atoms with E-state index in [2.05, 4.69) is 15.2 Å². The van der Waals surface area contributed by atoms with Gasteiger partial charge in [0, 0.05) is 19.3 Å². The van der Waals surface area contributed by atoms with E-state index in [4.69, 9.17) is 5.73 Å². The van der Waals surface area contributed by atoms with Crippen LogP contribution in [0, 0.1) is 6.92 Å². The van der Waals surface area contributed by atoms with Gasteiger partial charge in [-0.25, -0.2) is 14.9 Å². The van der Waals surface area contributed by atoms with Gasteiger partial charge in [-0.05, 0) is 36.2 Å². The molecule has 6 nitrogen and oxygen atoms in total. The van der Waals surface area contributed by atoms with Crippen molar-refractivity contribution in [3.8, 4) is 0 Å². The molecule has 2 aromatic heterocycles. The summed E-state index contributed by atoms with van der Waals surface area (Å²) in [5, 5.41) is 7.99. The zero-order chi connectivity index (χ0) is 13.8. The van der Waals surface area contributed by atoms with E-state index < -0.39 is 0 Å². The van der Waals surface area contributed by atoms with E-state index in [1.54, 1.807) is 10.8 Å². The predicted octanol–water partition coefficient (Wildman–Crippen LogP) is 1.29. The largest absolute Gasteiger partial charge is 0.343 e. The quantitative estimate of drug-likeness (QED) is 0.861. The van der Waals surface area contributed by atoms with Gasteiger partial charge in [0.25, 0.3) is 0 Å². The number of aromatic amines is 1. The van der Waals surface area contributed by atoms with Crippen LogP contribution in [0.4, 0.5) is 0 Å². The van der Waals surface area contributed by atoms with Crippen molar-refractivity contribution in [3.63, 3.8) is 0 Å². The summed E-state index contributed by atoms with van der Waals surface area (Å²) >= 11 is 1.39. The lowest BCUT2D eigenvalue weighted by Crippen LogP contribution is -2.17. The number of aromatic nitrogens is 4. The first-order valence-corrected chi connectivity index (χ1v) is 6.96. The Kier molecular flexibility index (Phi) is 4.39. The summed E-state index contributed by atoms with van der Waals surface area (Å²) in [6, 6.07) is 2.00. The summed E-state index contributed by atoms with van der Waals surface area (Å²) in [5.41, 5.74) is 7.43. The van der Waals surface area contributed by atoms with E-state index in [-0.39, 0.29) is 5.69 Å². The van der Waals surface area contributed by atoms with E-state index >= 15 is 0 Å². The second-order valence-corrected chi connectivity index (χ2v) is 5.19. The van der Waals surface area contributed by atoms with Gasteiger partial charge in [-0.3, -0.25) is 4.57 Å². The maximum absolute atomic E-state index is 11.6. The Morgan fingerprint density at radius 3 is 2.95 bits per heavy atom. The second kappa shape index (κ2) is 6.03. The third-order valence-corrected chi connectivity index (χ3v) is 3.80. The van der Waals surface area contributed by atoms with Crippen LogP contribution >= 0.6 is 11.8 Å². The second-order valence-electron chi connectivity index (χ2n) is 4.23. The topological polar surface area (TPSA) is 89.6 Å². The van der Waals surface area contributed by atoms with Gasteiger partial charge in [-0.15, -0.1) is 5.10 Å². The lowest BCUT2D eigenvalue weighted by molar-refractivity contribution is 0.603. The number of nitrogens with two attached hydrogens (primary N) is 1. The number of pyridine rings is 1. The molecule has 0 atom stereocenters. The van der Waals surface area contributed by atoms with Crippen LogP contribution in [0.25, 0.3) is 0 Å². The molecule has 0 saturated heterocycles. The summed E-state index contributed by atoms with van der Waals surface area (Å²) < 4.78 is 1.63. The maximum atomic E-state index is 11.6. The zero-order valence-electron chi connectivity index (χ0n) is 11.0. The molecule has 0 fully saturated rings. The number of nitrogens with zero attached hydrogens (tertiary/aromatic N) is 3. The first-order chi connectivity index (χ1) is 9.15. The van der Waals surface area contributed by atoms with Gasteiger partial charge in [0.2, 0.25) is 0 Å². The van der Waals surface area contributed by atoms with Crippen molar-refractivity contribution >= 4 is 11.8 Å². The molecule has 0 unspecified atom stereocenters. The van der Waals surface area contributed by atoms with Crippen LogP contribution in [0.2, 0.25) is 0 Å². The van der Waals surface area contributed by atoms with Gasteiger partial charge in [0.15, 0.2) is 5.16 Å². The fourth-order valence-corrected chi connectivity index (χ4v) is 2.60.